The smallest absolute Gasteiger partial charge is 0.434 e. The minimum absolute atomic E-state index is 0.165. The summed E-state index contributed by atoms with van der Waals surface area (Å²) < 4.78 is 16.1. The molecule has 3 aliphatic rings. The lowest BCUT2D eigenvalue weighted by molar-refractivity contribution is -0.118. The molecular formula is C21H29NO5. The second-order valence-electron chi connectivity index (χ2n) is 7.66. The summed E-state index contributed by atoms with van der Waals surface area (Å²) in [6.07, 6.45) is 7.28. The number of methoxy groups -OCH3 is 1. The number of nitrogens with one attached hydrogen (secondary N) is 1. The summed E-state index contributed by atoms with van der Waals surface area (Å²) in [5.74, 6) is 0.591. The van der Waals surface area contributed by atoms with E-state index in [1.807, 2.05) is 13.0 Å². The minimum atomic E-state index is -0.757. The molecule has 1 heterocycles. The van der Waals surface area contributed by atoms with Crippen LogP contribution in [0.1, 0.15) is 52.9 Å². The first-order chi connectivity index (χ1) is 12.9. The number of carbonyl (C=O) groups excluding carboxylic acids is 2. The van der Waals surface area contributed by atoms with Crippen molar-refractivity contribution in [3.63, 3.8) is 0 Å². The monoisotopic (exact) mass is 375 g/mol. The van der Waals surface area contributed by atoms with E-state index in [2.05, 4.69) is 18.3 Å². The van der Waals surface area contributed by atoms with Gasteiger partial charge in [0.05, 0.1) is 23.8 Å². The second-order valence-corrected chi connectivity index (χ2v) is 7.66. The molecule has 6 heteroatoms. The molecule has 6 nitrogen and oxygen atoms in total. The second kappa shape index (κ2) is 7.89. The Hall–Kier alpha value is -2.08. The maximum Gasteiger partial charge on any atom is 0.513 e. The third-order valence-electron chi connectivity index (χ3n) is 5.79. The van der Waals surface area contributed by atoms with E-state index >= 15 is 0 Å². The number of ether oxygens (including phenoxy) is 3. The first kappa shape index (κ1) is 19.7. The summed E-state index contributed by atoms with van der Waals surface area (Å²) >= 11 is 0. The van der Waals surface area contributed by atoms with Gasteiger partial charge in [-0.2, -0.15) is 0 Å². The van der Waals surface area contributed by atoms with E-state index in [9.17, 15) is 9.59 Å². The standard InChI is InChI=1S/C21H29NO5/c1-5-26-20(24)27-18-17(16-12-13(2)6-7-14(16)3)19(23)22-21(18)10-8-15(25-4)9-11-21/h6-7,13,15H,5,8-12H2,1-4H3,(H,22,23). The average Bonchev–Trinajstić information content (AvgIpc) is 2.89. The van der Waals surface area contributed by atoms with Gasteiger partial charge in [-0.25, -0.2) is 4.79 Å². The van der Waals surface area contributed by atoms with Crippen LogP contribution >= 0.6 is 0 Å². The highest BCUT2D eigenvalue weighted by Gasteiger charge is 2.50. The number of carbonyl (C=O) groups is 2. The van der Waals surface area contributed by atoms with Crippen molar-refractivity contribution in [2.75, 3.05) is 13.7 Å². The summed E-state index contributed by atoms with van der Waals surface area (Å²) in [6.45, 7) is 6.06. The Balaban J connectivity index is 2.03. The van der Waals surface area contributed by atoms with Gasteiger partial charge in [0.25, 0.3) is 5.91 Å². The maximum absolute atomic E-state index is 13.0. The molecule has 1 aliphatic heterocycles. The molecule has 1 spiro atoms. The molecule has 1 unspecified atom stereocenters. The lowest BCUT2D eigenvalue weighted by atomic mass is 9.78. The van der Waals surface area contributed by atoms with E-state index < -0.39 is 11.7 Å². The quantitative estimate of drug-likeness (QED) is 0.757. The van der Waals surface area contributed by atoms with Crippen molar-refractivity contribution in [2.45, 2.75) is 64.5 Å². The number of amides is 1. The van der Waals surface area contributed by atoms with Crippen LogP contribution in [0.4, 0.5) is 4.79 Å². The van der Waals surface area contributed by atoms with Gasteiger partial charge in [0.1, 0.15) is 5.76 Å². The zero-order valence-electron chi connectivity index (χ0n) is 16.6. The summed E-state index contributed by atoms with van der Waals surface area (Å²) in [4.78, 5) is 25.2. The van der Waals surface area contributed by atoms with Gasteiger partial charge >= 0.3 is 6.16 Å². The first-order valence-electron chi connectivity index (χ1n) is 9.73. The molecule has 1 N–H and O–H groups in total. The number of allylic oxidation sites excluding steroid dienone is 3. The zero-order chi connectivity index (χ0) is 19.6. The summed E-state index contributed by atoms with van der Waals surface area (Å²) in [5.41, 5.74) is 1.83. The van der Waals surface area contributed by atoms with Gasteiger partial charge in [-0.1, -0.05) is 19.1 Å². The van der Waals surface area contributed by atoms with E-state index in [0.717, 1.165) is 30.4 Å². The van der Waals surface area contributed by atoms with Gasteiger partial charge in [0.2, 0.25) is 0 Å². The largest absolute Gasteiger partial charge is 0.513 e. The Morgan fingerprint density at radius 2 is 2.04 bits per heavy atom. The fourth-order valence-electron chi connectivity index (χ4n) is 4.26. The topological polar surface area (TPSA) is 73.9 Å². The number of hydrogen-bond donors (Lipinski definition) is 1. The normalized spacial score (nSPS) is 30.7. The van der Waals surface area contributed by atoms with Crippen molar-refractivity contribution in [3.05, 3.63) is 34.6 Å². The first-order valence-corrected chi connectivity index (χ1v) is 9.73. The van der Waals surface area contributed by atoms with Gasteiger partial charge in [0, 0.05) is 7.11 Å². The van der Waals surface area contributed by atoms with Crippen molar-refractivity contribution in [1.29, 1.82) is 0 Å². The van der Waals surface area contributed by atoms with Crippen molar-refractivity contribution in [2.24, 2.45) is 5.92 Å². The Kier molecular flexibility index (Phi) is 5.75. The molecule has 0 aromatic carbocycles. The Bertz CT molecular complexity index is 710. The number of rotatable bonds is 4. The Labute approximate surface area is 160 Å². The molecule has 0 radical (unpaired) electrons. The van der Waals surface area contributed by atoms with Crippen LogP contribution in [-0.2, 0) is 19.0 Å². The van der Waals surface area contributed by atoms with Crippen LogP contribution in [0.3, 0.4) is 0 Å². The minimum Gasteiger partial charge on any atom is -0.434 e. The molecule has 1 amide bonds. The van der Waals surface area contributed by atoms with Gasteiger partial charge in [-0.3, -0.25) is 4.79 Å². The average molecular weight is 375 g/mol. The van der Waals surface area contributed by atoms with Gasteiger partial charge in [-0.05, 0) is 63.0 Å². The van der Waals surface area contributed by atoms with Crippen molar-refractivity contribution < 1.29 is 23.8 Å². The lowest BCUT2D eigenvalue weighted by Crippen LogP contribution is -2.49. The molecule has 27 heavy (non-hydrogen) atoms. The molecule has 0 aromatic heterocycles. The third kappa shape index (κ3) is 3.81. The fraction of sp³-hybridized carbons (Fsp3) is 0.619. The lowest BCUT2D eigenvalue weighted by Gasteiger charge is -2.37. The summed E-state index contributed by atoms with van der Waals surface area (Å²) in [5, 5.41) is 3.13. The fourth-order valence-corrected chi connectivity index (χ4v) is 4.26. The van der Waals surface area contributed by atoms with Crippen LogP contribution in [-0.4, -0.2) is 37.4 Å². The highest BCUT2D eigenvalue weighted by atomic mass is 16.7. The molecule has 3 rings (SSSR count). The van der Waals surface area contributed by atoms with Gasteiger partial charge in [0.15, 0.2) is 0 Å². The highest BCUT2D eigenvalue weighted by Crippen LogP contribution is 2.44. The van der Waals surface area contributed by atoms with E-state index in [1.165, 1.54) is 0 Å². The van der Waals surface area contributed by atoms with Crippen molar-refractivity contribution in [3.8, 4) is 0 Å². The van der Waals surface area contributed by atoms with Crippen LogP contribution in [0.5, 0.6) is 0 Å². The van der Waals surface area contributed by atoms with E-state index in [0.29, 0.717) is 30.1 Å². The van der Waals surface area contributed by atoms with Crippen molar-refractivity contribution in [1.82, 2.24) is 5.32 Å². The van der Waals surface area contributed by atoms with Crippen LogP contribution < -0.4 is 5.32 Å². The molecule has 0 bridgehead atoms. The SMILES string of the molecule is CCOC(=O)OC1=C(C2=C(C)C=CC(C)C2)C(=O)NC12CCC(OC)CC2. The number of hydrogen-bond acceptors (Lipinski definition) is 5. The van der Waals surface area contributed by atoms with E-state index in [-0.39, 0.29) is 18.6 Å². The molecular weight excluding hydrogens is 346 g/mol. The molecule has 0 saturated heterocycles. The van der Waals surface area contributed by atoms with Crippen LogP contribution in [0.15, 0.2) is 34.6 Å². The molecule has 1 fully saturated rings. The summed E-state index contributed by atoms with van der Waals surface area (Å²) in [7, 11) is 1.71. The highest BCUT2D eigenvalue weighted by molar-refractivity contribution is 6.03. The predicted molar refractivity (Wildman–Crippen MR) is 101 cm³/mol. The Morgan fingerprint density at radius 3 is 2.67 bits per heavy atom. The third-order valence-corrected chi connectivity index (χ3v) is 5.79. The van der Waals surface area contributed by atoms with Crippen LogP contribution in [0.25, 0.3) is 0 Å². The van der Waals surface area contributed by atoms with Crippen LogP contribution in [0.2, 0.25) is 0 Å². The molecule has 0 aromatic rings. The predicted octanol–water partition coefficient (Wildman–Crippen LogP) is 3.78. The molecule has 1 atom stereocenters. The zero-order valence-corrected chi connectivity index (χ0v) is 16.6. The summed E-state index contributed by atoms with van der Waals surface area (Å²) in [6, 6.07) is 0. The van der Waals surface area contributed by atoms with Crippen molar-refractivity contribution >= 4 is 12.1 Å². The molecule has 1 saturated carbocycles. The maximum atomic E-state index is 13.0. The van der Waals surface area contributed by atoms with Gasteiger partial charge in [-0.15, -0.1) is 0 Å². The Morgan fingerprint density at radius 1 is 1.33 bits per heavy atom. The molecule has 2 aliphatic carbocycles. The van der Waals surface area contributed by atoms with E-state index in [4.69, 9.17) is 14.2 Å². The van der Waals surface area contributed by atoms with Crippen LogP contribution in [0, 0.1) is 5.92 Å². The molecule has 148 valence electrons. The van der Waals surface area contributed by atoms with E-state index in [1.54, 1.807) is 14.0 Å². The van der Waals surface area contributed by atoms with Gasteiger partial charge < -0.3 is 19.5 Å².